The Morgan fingerprint density at radius 1 is 1.14 bits per heavy atom. The van der Waals surface area contributed by atoms with E-state index in [1.165, 1.54) is 12.1 Å². The Morgan fingerprint density at radius 2 is 1.76 bits per heavy atom. The molecule has 0 saturated carbocycles. The summed E-state index contributed by atoms with van der Waals surface area (Å²) in [6.07, 6.45) is 0.474. The van der Waals surface area contributed by atoms with Gasteiger partial charge < -0.3 is 5.73 Å². The fraction of sp³-hybridized carbons (Fsp3) is 0.235. The Bertz CT molecular complexity index is 581. The first-order valence-electron chi connectivity index (χ1n) is 6.89. The summed E-state index contributed by atoms with van der Waals surface area (Å²) in [5.41, 5.74) is 7.74. The third-order valence-corrected chi connectivity index (χ3v) is 3.47. The number of nitrogens with two attached hydrogens (primary N) is 1. The summed E-state index contributed by atoms with van der Waals surface area (Å²) in [5.74, 6) is -0.0699. The number of nitrogens with one attached hydrogen (secondary N) is 1. The van der Waals surface area contributed by atoms with Crippen molar-refractivity contribution >= 4 is 5.84 Å². The molecule has 0 aliphatic carbocycles. The topological polar surface area (TPSA) is 53.1 Å². The molecule has 0 radical (unpaired) electrons. The van der Waals surface area contributed by atoms with E-state index in [4.69, 9.17) is 11.1 Å². The number of hydrogen-bond donors (Lipinski definition) is 2. The highest BCUT2D eigenvalue weighted by molar-refractivity contribution is 5.77. The molecule has 0 heterocycles. The molecule has 0 aliphatic rings. The molecule has 2 rings (SSSR count). The number of hydrogen-bond acceptors (Lipinski definition) is 2. The van der Waals surface area contributed by atoms with Gasteiger partial charge in [-0.2, -0.15) is 0 Å². The molecule has 0 amide bonds. The molecule has 0 spiro atoms. The van der Waals surface area contributed by atoms with Crippen LogP contribution < -0.4 is 5.73 Å². The summed E-state index contributed by atoms with van der Waals surface area (Å²) in [7, 11) is 1.99. The SMILES string of the molecule is CN(Cc1ccc(F)cc1)C(CC(=N)N)c1ccccc1. The molecule has 0 saturated heterocycles. The van der Waals surface area contributed by atoms with Crippen LogP contribution in [0.4, 0.5) is 4.39 Å². The van der Waals surface area contributed by atoms with E-state index in [0.29, 0.717) is 13.0 Å². The monoisotopic (exact) mass is 285 g/mol. The zero-order valence-corrected chi connectivity index (χ0v) is 12.1. The van der Waals surface area contributed by atoms with Gasteiger partial charge in [0.1, 0.15) is 5.82 Å². The Labute approximate surface area is 124 Å². The standard InChI is InChI=1S/C17H20FN3/c1-21(12-13-7-9-15(18)10-8-13)16(11-17(19)20)14-5-3-2-4-6-14/h2-10,16H,11-12H2,1H3,(H3,19,20). The first-order valence-corrected chi connectivity index (χ1v) is 6.89. The van der Waals surface area contributed by atoms with E-state index in [2.05, 4.69) is 4.90 Å². The molecule has 1 atom stereocenters. The van der Waals surface area contributed by atoms with Gasteiger partial charge in [-0.1, -0.05) is 42.5 Å². The van der Waals surface area contributed by atoms with Crippen LogP contribution in [0.3, 0.4) is 0 Å². The van der Waals surface area contributed by atoms with E-state index in [9.17, 15) is 4.39 Å². The van der Waals surface area contributed by atoms with Crippen molar-refractivity contribution in [2.45, 2.75) is 19.0 Å². The molecule has 2 aromatic carbocycles. The highest BCUT2D eigenvalue weighted by Crippen LogP contribution is 2.24. The number of rotatable bonds is 6. The predicted molar refractivity (Wildman–Crippen MR) is 83.6 cm³/mol. The molecule has 110 valence electrons. The lowest BCUT2D eigenvalue weighted by molar-refractivity contribution is 0.241. The molecule has 0 aromatic heterocycles. The summed E-state index contributed by atoms with van der Waals surface area (Å²) in [4.78, 5) is 2.13. The molecule has 0 fully saturated rings. The molecule has 2 aromatic rings. The average Bonchev–Trinajstić information content (AvgIpc) is 2.48. The second-order valence-electron chi connectivity index (χ2n) is 5.20. The van der Waals surface area contributed by atoms with E-state index in [0.717, 1.165) is 11.1 Å². The van der Waals surface area contributed by atoms with Crippen LogP contribution in [-0.4, -0.2) is 17.8 Å². The lowest BCUT2D eigenvalue weighted by atomic mass is 10.0. The van der Waals surface area contributed by atoms with Crippen molar-refractivity contribution in [2.75, 3.05) is 7.05 Å². The maximum atomic E-state index is 13.0. The Balaban J connectivity index is 2.16. The van der Waals surface area contributed by atoms with Crippen LogP contribution in [0.1, 0.15) is 23.6 Å². The van der Waals surface area contributed by atoms with E-state index < -0.39 is 0 Å². The molecule has 0 aliphatic heterocycles. The zero-order valence-electron chi connectivity index (χ0n) is 12.1. The number of halogens is 1. The normalized spacial score (nSPS) is 12.3. The fourth-order valence-electron chi connectivity index (χ4n) is 2.40. The Morgan fingerprint density at radius 3 is 2.33 bits per heavy atom. The second kappa shape index (κ2) is 6.99. The first kappa shape index (κ1) is 15.2. The van der Waals surface area contributed by atoms with E-state index in [1.54, 1.807) is 12.1 Å². The van der Waals surface area contributed by atoms with Gasteiger partial charge in [-0.3, -0.25) is 10.3 Å². The van der Waals surface area contributed by atoms with Crippen LogP contribution in [0, 0.1) is 11.2 Å². The minimum Gasteiger partial charge on any atom is -0.388 e. The van der Waals surface area contributed by atoms with Gasteiger partial charge in [0.15, 0.2) is 0 Å². The average molecular weight is 285 g/mol. The molecule has 1 unspecified atom stereocenters. The van der Waals surface area contributed by atoms with Crippen molar-refractivity contribution in [1.29, 1.82) is 5.41 Å². The van der Waals surface area contributed by atoms with Gasteiger partial charge in [0.25, 0.3) is 0 Å². The van der Waals surface area contributed by atoms with Crippen LogP contribution in [0.15, 0.2) is 54.6 Å². The summed E-state index contributed by atoms with van der Waals surface area (Å²) < 4.78 is 13.0. The van der Waals surface area contributed by atoms with Crippen molar-refractivity contribution in [3.8, 4) is 0 Å². The molecule has 3 nitrogen and oxygen atoms in total. The molecule has 3 N–H and O–H groups in total. The van der Waals surface area contributed by atoms with Gasteiger partial charge in [-0.25, -0.2) is 4.39 Å². The zero-order chi connectivity index (χ0) is 15.2. The number of benzene rings is 2. The quantitative estimate of drug-likeness (QED) is 0.632. The van der Waals surface area contributed by atoms with Gasteiger partial charge in [-0.15, -0.1) is 0 Å². The summed E-state index contributed by atoms with van der Waals surface area (Å²) >= 11 is 0. The van der Waals surface area contributed by atoms with Gasteiger partial charge in [0.05, 0.1) is 5.84 Å². The summed E-state index contributed by atoms with van der Waals surface area (Å²) in [5, 5.41) is 7.58. The molecular formula is C17H20FN3. The smallest absolute Gasteiger partial charge is 0.123 e. The van der Waals surface area contributed by atoms with E-state index >= 15 is 0 Å². The molecular weight excluding hydrogens is 265 g/mol. The van der Waals surface area contributed by atoms with Crippen molar-refractivity contribution in [3.63, 3.8) is 0 Å². The lowest BCUT2D eigenvalue weighted by Gasteiger charge is -2.28. The van der Waals surface area contributed by atoms with Crippen molar-refractivity contribution in [2.24, 2.45) is 5.73 Å². The summed E-state index contributed by atoms with van der Waals surface area (Å²) in [6.45, 7) is 0.674. The second-order valence-corrected chi connectivity index (χ2v) is 5.20. The van der Waals surface area contributed by atoms with Gasteiger partial charge in [-0.05, 0) is 30.3 Å². The van der Waals surface area contributed by atoms with Crippen LogP contribution in [-0.2, 0) is 6.54 Å². The molecule has 21 heavy (non-hydrogen) atoms. The minimum absolute atomic E-state index is 0.0359. The molecule has 4 heteroatoms. The number of amidine groups is 1. The maximum Gasteiger partial charge on any atom is 0.123 e. The number of nitrogens with zero attached hydrogens (tertiary/aromatic N) is 1. The highest BCUT2D eigenvalue weighted by Gasteiger charge is 2.18. The van der Waals surface area contributed by atoms with E-state index in [1.807, 2.05) is 37.4 Å². The maximum absolute atomic E-state index is 13.0. The van der Waals surface area contributed by atoms with Crippen molar-refractivity contribution < 1.29 is 4.39 Å². The van der Waals surface area contributed by atoms with Gasteiger partial charge in [0, 0.05) is 19.0 Å². The van der Waals surface area contributed by atoms with Gasteiger partial charge in [0.2, 0.25) is 0 Å². The lowest BCUT2D eigenvalue weighted by Crippen LogP contribution is -2.28. The Hall–Kier alpha value is -2.20. The van der Waals surface area contributed by atoms with Crippen LogP contribution in [0.2, 0.25) is 0 Å². The van der Waals surface area contributed by atoms with Crippen molar-refractivity contribution in [3.05, 3.63) is 71.5 Å². The third kappa shape index (κ3) is 4.39. The predicted octanol–water partition coefficient (Wildman–Crippen LogP) is 3.32. The highest BCUT2D eigenvalue weighted by atomic mass is 19.1. The molecule has 0 bridgehead atoms. The first-order chi connectivity index (χ1) is 10.1. The fourth-order valence-corrected chi connectivity index (χ4v) is 2.40. The largest absolute Gasteiger partial charge is 0.388 e. The Kier molecular flexibility index (Phi) is 5.06. The van der Waals surface area contributed by atoms with Crippen LogP contribution in [0.25, 0.3) is 0 Å². The third-order valence-electron chi connectivity index (χ3n) is 3.47. The van der Waals surface area contributed by atoms with Crippen LogP contribution in [0.5, 0.6) is 0 Å². The van der Waals surface area contributed by atoms with Crippen LogP contribution >= 0.6 is 0 Å². The summed E-state index contributed by atoms with van der Waals surface area (Å²) in [6, 6.07) is 16.5. The van der Waals surface area contributed by atoms with E-state index in [-0.39, 0.29) is 17.7 Å². The minimum atomic E-state index is -0.232. The van der Waals surface area contributed by atoms with Crippen molar-refractivity contribution in [1.82, 2.24) is 4.90 Å². The van der Waals surface area contributed by atoms with Gasteiger partial charge >= 0.3 is 0 Å².